The Hall–Kier alpha value is -0.770. The lowest BCUT2D eigenvalue weighted by atomic mass is 10.1. The fourth-order valence-electron chi connectivity index (χ4n) is 2.27. The Morgan fingerprint density at radius 1 is 1.11 bits per heavy atom. The highest BCUT2D eigenvalue weighted by atomic mass is 16.2. The molecule has 0 aromatic rings. The van der Waals surface area contributed by atoms with Gasteiger partial charge in [-0.3, -0.25) is 4.90 Å². The summed E-state index contributed by atoms with van der Waals surface area (Å²) in [5.41, 5.74) is 0. The Kier molecular flexibility index (Phi) is 7.09. The van der Waals surface area contributed by atoms with Gasteiger partial charge in [-0.05, 0) is 45.2 Å². The summed E-state index contributed by atoms with van der Waals surface area (Å²) in [4.78, 5) is 14.0. The summed E-state index contributed by atoms with van der Waals surface area (Å²) >= 11 is 0. The molecule has 1 saturated heterocycles. The Morgan fingerprint density at radius 3 is 2.39 bits per heavy atom. The molecular formula is C14H29N3O. The third-order valence-corrected chi connectivity index (χ3v) is 3.58. The fraction of sp³-hybridized carbons (Fsp3) is 0.929. The van der Waals surface area contributed by atoms with E-state index in [1.165, 1.54) is 32.4 Å². The summed E-state index contributed by atoms with van der Waals surface area (Å²) in [6.45, 7) is 10.4. The number of nitrogens with one attached hydrogen (secondary N) is 2. The fourth-order valence-corrected chi connectivity index (χ4v) is 2.27. The summed E-state index contributed by atoms with van der Waals surface area (Å²) in [5, 5.41) is 5.87. The molecule has 1 unspecified atom stereocenters. The van der Waals surface area contributed by atoms with Gasteiger partial charge in [0.15, 0.2) is 0 Å². The highest BCUT2D eigenvalue weighted by Crippen LogP contribution is 2.11. The van der Waals surface area contributed by atoms with Crippen LogP contribution in [-0.4, -0.2) is 43.2 Å². The van der Waals surface area contributed by atoms with Crippen molar-refractivity contribution in [3.8, 4) is 0 Å². The van der Waals surface area contributed by atoms with Crippen molar-refractivity contribution in [2.24, 2.45) is 5.92 Å². The second kappa shape index (κ2) is 8.35. The van der Waals surface area contributed by atoms with E-state index in [1.54, 1.807) is 0 Å². The van der Waals surface area contributed by atoms with Gasteiger partial charge in [-0.15, -0.1) is 0 Å². The van der Waals surface area contributed by atoms with E-state index in [-0.39, 0.29) is 6.03 Å². The van der Waals surface area contributed by atoms with Gasteiger partial charge in [0, 0.05) is 19.1 Å². The van der Waals surface area contributed by atoms with Crippen LogP contribution >= 0.6 is 0 Å². The van der Waals surface area contributed by atoms with Gasteiger partial charge in [-0.25, -0.2) is 4.79 Å². The summed E-state index contributed by atoms with van der Waals surface area (Å²) in [7, 11) is 0. The van der Waals surface area contributed by atoms with Gasteiger partial charge in [0.2, 0.25) is 0 Å². The highest BCUT2D eigenvalue weighted by molar-refractivity contribution is 5.73. The van der Waals surface area contributed by atoms with Crippen molar-refractivity contribution in [3.63, 3.8) is 0 Å². The summed E-state index contributed by atoms with van der Waals surface area (Å²) in [6, 6.07) is 0.417. The van der Waals surface area contributed by atoms with E-state index >= 15 is 0 Å². The maximum Gasteiger partial charge on any atom is 0.314 e. The van der Waals surface area contributed by atoms with E-state index in [1.807, 2.05) is 0 Å². The zero-order valence-electron chi connectivity index (χ0n) is 12.2. The third kappa shape index (κ3) is 6.24. The van der Waals surface area contributed by atoms with Crippen molar-refractivity contribution in [1.29, 1.82) is 0 Å². The van der Waals surface area contributed by atoms with E-state index in [0.717, 1.165) is 19.5 Å². The van der Waals surface area contributed by atoms with E-state index in [0.29, 0.717) is 12.0 Å². The maximum absolute atomic E-state index is 11.6. The molecule has 18 heavy (non-hydrogen) atoms. The molecule has 1 aliphatic heterocycles. The number of carbonyl (C=O) groups excluding carboxylic acids is 1. The van der Waals surface area contributed by atoms with Gasteiger partial charge < -0.3 is 10.6 Å². The number of nitrogens with zero attached hydrogens (tertiary/aromatic N) is 1. The second-order valence-electron chi connectivity index (χ2n) is 5.76. The van der Waals surface area contributed by atoms with Gasteiger partial charge in [-0.1, -0.05) is 20.3 Å². The molecule has 1 heterocycles. The minimum absolute atomic E-state index is 0.0282. The number of piperidine rings is 1. The van der Waals surface area contributed by atoms with Gasteiger partial charge in [0.25, 0.3) is 0 Å². The zero-order valence-corrected chi connectivity index (χ0v) is 12.2. The van der Waals surface area contributed by atoms with Crippen molar-refractivity contribution in [3.05, 3.63) is 0 Å². The van der Waals surface area contributed by atoms with Crippen molar-refractivity contribution in [1.82, 2.24) is 15.5 Å². The zero-order chi connectivity index (χ0) is 13.4. The van der Waals surface area contributed by atoms with Crippen molar-refractivity contribution in [2.45, 2.75) is 52.5 Å². The SMILES string of the molecule is CC(C)CCNC(=O)NCC(C)N1CCCCC1. The molecule has 106 valence electrons. The van der Waals surface area contributed by atoms with Crippen LogP contribution < -0.4 is 10.6 Å². The van der Waals surface area contributed by atoms with E-state index in [4.69, 9.17) is 0 Å². The normalized spacial score (nSPS) is 18.7. The third-order valence-electron chi connectivity index (χ3n) is 3.58. The molecule has 0 aliphatic carbocycles. The number of hydrogen-bond donors (Lipinski definition) is 2. The molecule has 1 aliphatic rings. The lowest BCUT2D eigenvalue weighted by Crippen LogP contribution is -2.46. The molecule has 0 bridgehead atoms. The van der Waals surface area contributed by atoms with Crippen LogP contribution in [0.4, 0.5) is 4.79 Å². The molecule has 0 spiro atoms. The number of carbonyl (C=O) groups is 1. The summed E-state index contributed by atoms with van der Waals surface area (Å²) in [6.07, 6.45) is 4.98. The average Bonchev–Trinajstić information content (AvgIpc) is 2.36. The molecule has 1 fully saturated rings. The van der Waals surface area contributed by atoms with Crippen LogP contribution in [0.2, 0.25) is 0 Å². The minimum Gasteiger partial charge on any atom is -0.338 e. The first-order valence-electron chi connectivity index (χ1n) is 7.35. The van der Waals surface area contributed by atoms with E-state index in [9.17, 15) is 4.79 Å². The highest BCUT2D eigenvalue weighted by Gasteiger charge is 2.16. The first kappa shape index (κ1) is 15.3. The second-order valence-corrected chi connectivity index (χ2v) is 5.76. The largest absolute Gasteiger partial charge is 0.338 e. The van der Waals surface area contributed by atoms with Gasteiger partial charge in [0.05, 0.1) is 0 Å². The standard InChI is InChI=1S/C14H29N3O/c1-12(2)7-8-15-14(18)16-11-13(3)17-9-5-4-6-10-17/h12-13H,4-11H2,1-3H3,(H2,15,16,18). The average molecular weight is 255 g/mol. The monoisotopic (exact) mass is 255 g/mol. The first-order valence-corrected chi connectivity index (χ1v) is 7.35. The van der Waals surface area contributed by atoms with Crippen LogP contribution in [0.5, 0.6) is 0 Å². The summed E-state index contributed by atoms with van der Waals surface area (Å²) < 4.78 is 0. The van der Waals surface area contributed by atoms with Crippen LogP contribution in [0.25, 0.3) is 0 Å². The number of rotatable bonds is 6. The van der Waals surface area contributed by atoms with E-state index in [2.05, 4.69) is 36.3 Å². The Bertz CT molecular complexity index is 237. The molecule has 2 amide bonds. The van der Waals surface area contributed by atoms with Crippen LogP contribution in [0.1, 0.15) is 46.5 Å². The molecule has 1 rings (SSSR count). The van der Waals surface area contributed by atoms with Crippen molar-refractivity contribution in [2.75, 3.05) is 26.2 Å². The molecule has 4 heteroatoms. The lowest BCUT2D eigenvalue weighted by molar-refractivity contribution is 0.170. The van der Waals surface area contributed by atoms with Gasteiger partial charge >= 0.3 is 6.03 Å². The topological polar surface area (TPSA) is 44.4 Å². The quantitative estimate of drug-likeness (QED) is 0.764. The predicted molar refractivity (Wildman–Crippen MR) is 75.7 cm³/mol. The van der Waals surface area contributed by atoms with E-state index < -0.39 is 0 Å². The summed E-state index contributed by atoms with van der Waals surface area (Å²) in [5.74, 6) is 0.637. The lowest BCUT2D eigenvalue weighted by Gasteiger charge is -2.32. The molecular weight excluding hydrogens is 226 g/mol. The van der Waals surface area contributed by atoms with Crippen LogP contribution in [0.15, 0.2) is 0 Å². The molecule has 1 atom stereocenters. The number of likely N-dealkylation sites (tertiary alicyclic amines) is 1. The number of hydrogen-bond acceptors (Lipinski definition) is 2. The number of amides is 2. The molecule has 0 aromatic heterocycles. The van der Waals surface area contributed by atoms with Crippen LogP contribution in [-0.2, 0) is 0 Å². The molecule has 0 saturated carbocycles. The van der Waals surface area contributed by atoms with Crippen LogP contribution in [0.3, 0.4) is 0 Å². The molecule has 0 radical (unpaired) electrons. The van der Waals surface area contributed by atoms with Crippen LogP contribution in [0, 0.1) is 5.92 Å². The van der Waals surface area contributed by atoms with Crippen molar-refractivity contribution < 1.29 is 4.79 Å². The maximum atomic E-state index is 11.6. The number of urea groups is 1. The van der Waals surface area contributed by atoms with Gasteiger partial charge in [0.1, 0.15) is 0 Å². The smallest absolute Gasteiger partial charge is 0.314 e. The van der Waals surface area contributed by atoms with Gasteiger partial charge in [-0.2, -0.15) is 0 Å². The minimum atomic E-state index is -0.0282. The first-order chi connectivity index (χ1) is 8.59. The predicted octanol–water partition coefficient (Wildman–Crippen LogP) is 2.21. The Labute approximate surface area is 111 Å². The molecule has 4 nitrogen and oxygen atoms in total. The molecule has 0 aromatic carbocycles. The Balaban J connectivity index is 2.09. The Morgan fingerprint density at radius 2 is 1.78 bits per heavy atom. The molecule has 2 N–H and O–H groups in total. The van der Waals surface area contributed by atoms with Crippen molar-refractivity contribution >= 4 is 6.03 Å².